The normalized spacial score (nSPS) is 11.2. The van der Waals surface area contributed by atoms with Crippen LogP contribution in [0.4, 0.5) is 0 Å². The van der Waals surface area contributed by atoms with E-state index in [1.165, 1.54) is 82.0 Å². The number of pyridine rings is 5. The van der Waals surface area contributed by atoms with E-state index in [-0.39, 0.29) is 114 Å². The average Bonchev–Trinajstić information content (AvgIpc) is 1.61. The second-order valence-electron chi connectivity index (χ2n) is 33.9. The van der Waals surface area contributed by atoms with Gasteiger partial charge in [-0.2, -0.15) is 11.3 Å². The Morgan fingerprint density at radius 2 is 0.942 bits per heavy atom. The minimum Gasteiger partial charge on any atom is -0.512 e. The Balaban J connectivity index is 0.000000252. The largest absolute Gasteiger partial charge is 0.512 e. The van der Waals surface area contributed by atoms with Gasteiger partial charge in [0.1, 0.15) is 11.5 Å². The van der Waals surface area contributed by atoms with Crippen molar-refractivity contribution in [2.24, 2.45) is 27.6 Å². The first-order chi connectivity index (χ1) is 55.5. The fraction of sp³-hybridized carbons (Fsp3) is 0.243. The van der Waals surface area contributed by atoms with Crippen LogP contribution in [-0.4, -0.2) is 46.7 Å². The molecule has 0 fully saturated rings. The van der Waals surface area contributed by atoms with E-state index in [2.05, 4.69) is 234 Å². The Morgan fingerprint density at radius 3 is 1.48 bits per heavy atom. The SMILES string of the molecule is CC(C)(C)C(=O)C=C(O)C(C)(C)C.CC(C)(C)C(=O)C=C(O)C(C)(C)C.Cc1[c-]c(-c2ccc3c(CC(C)C)cccc3n2)cc(C)c1.Cc1[c-]c(-c2ccc3ccccc3n2)cc(C)c1.Cc1cc(-c2[c-]cccc2)ncc1-c1ccccc1.Cc1cccnc1-c1[c-]cccc1.[Ir].[Ir].[Ir].[Ir].[c-]1cc2sc3ccccc3c2cc1-c1ccccn1. The van der Waals surface area contributed by atoms with Gasteiger partial charge in [0.15, 0.2) is 11.6 Å². The molecule has 0 bridgehead atoms. The molecule has 0 spiro atoms. The summed E-state index contributed by atoms with van der Waals surface area (Å²) in [6.07, 6.45) is 9.33. The summed E-state index contributed by atoms with van der Waals surface area (Å²) in [6.45, 7) is 39.3. The van der Waals surface area contributed by atoms with Crippen LogP contribution >= 0.6 is 11.3 Å². The molecule has 0 saturated heterocycles. The van der Waals surface area contributed by atoms with Gasteiger partial charge in [0, 0.05) is 148 Å². The maximum Gasteiger partial charge on any atom is 0.164 e. The number of thiophene rings is 1. The summed E-state index contributed by atoms with van der Waals surface area (Å²) < 4.78 is 2.60. The molecule has 634 valence electrons. The summed E-state index contributed by atoms with van der Waals surface area (Å²) in [7, 11) is 0. The molecular weight excluding hydrogens is 2220 g/mol. The van der Waals surface area contributed by atoms with Gasteiger partial charge in [0.2, 0.25) is 0 Å². The van der Waals surface area contributed by atoms with Crippen LogP contribution in [0.2, 0.25) is 0 Å². The van der Waals surface area contributed by atoms with Crippen molar-refractivity contribution in [3.8, 4) is 67.4 Å². The van der Waals surface area contributed by atoms with E-state index in [1.807, 2.05) is 222 Å². The van der Waals surface area contributed by atoms with Crippen molar-refractivity contribution in [1.29, 1.82) is 0 Å². The molecule has 0 amide bonds. The smallest absolute Gasteiger partial charge is 0.164 e. The van der Waals surface area contributed by atoms with E-state index in [4.69, 9.17) is 9.97 Å². The molecule has 6 aromatic heterocycles. The number of fused-ring (bicyclic) bond motifs is 5. The van der Waals surface area contributed by atoms with Crippen LogP contribution in [0.15, 0.2) is 285 Å². The molecule has 9 aromatic carbocycles. The van der Waals surface area contributed by atoms with Crippen molar-refractivity contribution < 1.29 is 100 Å². The molecule has 0 unspecified atom stereocenters. The molecule has 15 aromatic rings. The van der Waals surface area contributed by atoms with Gasteiger partial charge in [-0.15, -0.1) is 165 Å². The van der Waals surface area contributed by atoms with Crippen LogP contribution in [-0.2, 0) is 96.4 Å². The van der Waals surface area contributed by atoms with Crippen molar-refractivity contribution in [2.75, 3.05) is 0 Å². The van der Waals surface area contributed by atoms with Gasteiger partial charge >= 0.3 is 0 Å². The van der Waals surface area contributed by atoms with Gasteiger partial charge in [-0.05, 0) is 117 Å². The monoisotopic (exact) mass is 2330 g/mol. The molecule has 0 aliphatic carbocycles. The minimum atomic E-state index is -0.417. The van der Waals surface area contributed by atoms with Crippen LogP contribution in [0.25, 0.3) is 109 Å². The number of aromatic nitrogens is 5. The number of aryl methyl sites for hydroxylation is 6. The number of carbonyl (C=O) groups excluding carboxylic acids is 2. The van der Waals surface area contributed by atoms with Crippen LogP contribution in [0.1, 0.15) is 136 Å². The maximum absolute atomic E-state index is 11.5. The third-order valence-corrected chi connectivity index (χ3v) is 20.0. The summed E-state index contributed by atoms with van der Waals surface area (Å²) in [5.41, 5.74) is 21.8. The second-order valence-corrected chi connectivity index (χ2v) is 35.0. The summed E-state index contributed by atoms with van der Waals surface area (Å²) in [6, 6.07) is 99.2. The standard InChI is InChI=1S/C21H22N.C18H14N.C17H10NS.C17H14N.C12H10N.2C11H20O2.4Ir/c1-14(2)10-17-6-5-7-21-19(17)8-9-20(22-21)18-12-15(3)11-16(4)13-18;1-14-12-18(16-10-6-3-7-11-16)19-13-17(14)15-8-4-2-5-9-15;1-2-7-16-13(5-1)14-11-12(8-9-17(14)19-16)15-6-3-4-10-18-15;1-12-9-13(2)11-15(10-12)17-8-7-14-5-3-4-6-16(14)18-17;1-10-6-5-9-13-12(10)11-7-3-2-4-8-11;2*1-10(2,3)8(12)7-9(13)11(4,5)6;;;;/h5-9,11-12,14H,10H2,1-4H3;2-10,12-13H,1H3;1-7,9-11H;3-10H,1-2H3;2-7,9H,1H3;2*7,12H,1-6H3;;;;/q5*-1;;;;;;. The number of hydrogen-bond donors (Lipinski definition) is 2. The Morgan fingerprint density at radius 1 is 0.413 bits per heavy atom. The number of hydrogen-bond acceptors (Lipinski definition) is 10. The fourth-order valence-corrected chi connectivity index (χ4v) is 13.3. The van der Waals surface area contributed by atoms with E-state index in [1.54, 1.807) is 0 Å². The predicted octanol–water partition coefficient (Wildman–Crippen LogP) is 28.3. The number of aliphatic hydroxyl groups is 2. The van der Waals surface area contributed by atoms with Gasteiger partial charge in [-0.25, -0.2) is 0 Å². The zero-order valence-corrected chi connectivity index (χ0v) is 83.4. The molecule has 4 radical (unpaired) electrons. The molecule has 6 heterocycles. The number of benzene rings is 9. The molecule has 0 atom stereocenters. The zero-order chi connectivity index (χ0) is 84.8. The Hall–Kier alpha value is -9.51. The van der Waals surface area contributed by atoms with Gasteiger partial charge < -0.3 is 25.2 Å². The van der Waals surface area contributed by atoms with Crippen LogP contribution in [0.3, 0.4) is 0 Å². The number of nitrogens with zero attached hydrogens (tertiary/aromatic N) is 5. The van der Waals surface area contributed by atoms with E-state index in [0.29, 0.717) is 5.92 Å². The Bertz CT molecular complexity index is 5810. The van der Waals surface area contributed by atoms with E-state index in [0.717, 1.165) is 84.9 Å². The summed E-state index contributed by atoms with van der Waals surface area (Å²) in [4.78, 5) is 45.8. The first-order valence-corrected chi connectivity index (χ1v) is 40.6. The summed E-state index contributed by atoms with van der Waals surface area (Å²) in [5.74, 6) is 0.859. The topological polar surface area (TPSA) is 139 Å². The van der Waals surface area contributed by atoms with Gasteiger partial charge in [-0.1, -0.05) is 263 Å². The van der Waals surface area contributed by atoms with Crippen molar-refractivity contribution in [1.82, 2.24) is 24.9 Å². The van der Waals surface area contributed by atoms with Gasteiger partial charge in [0.05, 0.1) is 11.0 Å². The van der Waals surface area contributed by atoms with Crippen molar-refractivity contribution in [3.63, 3.8) is 0 Å². The quantitative estimate of drug-likeness (QED) is 0.0778. The molecule has 0 saturated carbocycles. The third kappa shape index (κ3) is 30.8. The van der Waals surface area contributed by atoms with E-state index in [9.17, 15) is 19.8 Å². The number of ketones is 2. The first kappa shape index (κ1) is 102. The minimum absolute atomic E-state index is 0. The molecule has 2 N–H and O–H groups in total. The van der Waals surface area contributed by atoms with Gasteiger partial charge in [-0.3, -0.25) is 19.6 Å². The summed E-state index contributed by atoms with van der Waals surface area (Å²) in [5, 5.41) is 24.2. The van der Waals surface area contributed by atoms with Crippen molar-refractivity contribution in [2.45, 2.75) is 145 Å². The number of rotatable bonds is 10. The molecule has 0 aliphatic heterocycles. The number of aliphatic hydroxyl groups excluding tert-OH is 2. The predicted molar refractivity (Wildman–Crippen MR) is 492 cm³/mol. The van der Waals surface area contributed by atoms with E-state index < -0.39 is 10.8 Å². The molecule has 15 rings (SSSR count). The Labute approximate surface area is 777 Å². The molecule has 121 heavy (non-hydrogen) atoms. The van der Waals surface area contributed by atoms with Crippen molar-refractivity contribution >= 4 is 64.9 Å². The van der Waals surface area contributed by atoms with Crippen LogP contribution < -0.4 is 0 Å². The first-order valence-electron chi connectivity index (χ1n) is 39.8. The van der Waals surface area contributed by atoms with Crippen LogP contribution in [0, 0.1) is 99.5 Å². The number of para-hydroxylation sites is 1. The maximum atomic E-state index is 11.5. The Kier molecular flexibility index (Phi) is 39.8. The fourth-order valence-electron chi connectivity index (χ4n) is 12.2. The molecule has 9 nitrogen and oxygen atoms in total. The average molecular weight is 2330 g/mol. The molecule has 0 aliphatic rings. The second kappa shape index (κ2) is 47.2. The number of allylic oxidation sites excluding steroid dienone is 4. The van der Waals surface area contributed by atoms with E-state index >= 15 is 0 Å². The summed E-state index contributed by atoms with van der Waals surface area (Å²) >= 11 is 1.81. The third-order valence-electron chi connectivity index (χ3n) is 18.9. The zero-order valence-electron chi connectivity index (χ0n) is 73.0. The van der Waals surface area contributed by atoms with Crippen LogP contribution in [0.5, 0.6) is 0 Å². The molecule has 14 heteroatoms. The number of carbonyl (C=O) groups is 2. The van der Waals surface area contributed by atoms with Gasteiger partial charge in [0.25, 0.3) is 0 Å². The van der Waals surface area contributed by atoms with Crippen molar-refractivity contribution in [3.05, 3.63) is 354 Å². The molecular formula is C107H110Ir4N5O4S-5.